The van der Waals surface area contributed by atoms with Crippen LogP contribution in [0.25, 0.3) is 16.9 Å². The van der Waals surface area contributed by atoms with Gasteiger partial charge in [-0.15, -0.1) is 0 Å². The second-order valence-corrected chi connectivity index (χ2v) is 7.90. The molecule has 0 fully saturated rings. The van der Waals surface area contributed by atoms with Gasteiger partial charge in [-0.05, 0) is 52.3 Å². The third-order valence-corrected chi connectivity index (χ3v) is 5.06. The number of rotatable bonds is 3. The molecule has 0 spiro atoms. The molecule has 1 aromatic heterocycles. The third kappa shape index (κ3) is 3.20. The molecule has 0 aliphatic rings. The highest BCUT2D eigenvalue weighted by Gasteiger charge is 2.14. The summed E-state index contributed by atoms with van der Waals surface area (Å²) in [6.07, 6.45) is 2.81. The van der Waals surface area contributed by atoms with Crippen molar-refractivity contribution in [2.75, 3.05) is 6.26 Å². The Hall–Kier alpha value is -1.99. The van der Waals surface area contributed by atoms with Crippen LogP contribution in [-0.2, 0) is 9.84 Å². The van der Waals surface area contributed by atoms with E-state index in [0.29, 0.717) is 5.69 Å². The minimum Gasteiger partial charge on any atom is -0.232 e. The van der Waals surface area contributed by atoms with Crippen LogP contribution in [0.5, 0.6) is 0 Å². The Bertz CT molecular complexity index is 949. The van der Waals surface area contributed by atoms with Gasteiger partial charge in [0.25, 0.3) is 0 Å². The molecule has 0 unspecified atom stereocenters. The monoisotopic (exact) mass is 394 g/mol. The van der Waals surface area contributed by atoms with Crippen LogP contribution < -0.4 is 0 Å². The molecule has 0 saturated carbocycles. The molecule has 23 heavy (non-hydrogen) atoms. The van der Waals surface area contributed by atoms with Crippen LogP contribution in [0, 0.1) is 5.82 Å². The third-order valence-electron chi connectivity index (χ3n) is 3.35. The smallest absolute Gasteiger partial charge is 0.175 e. The highest BCUT2D eigenvalue weighted by Crippen LogP contribution is 2.31. The maximum Gasteiger partial charge on any atom is 0.175 e. The summed E-state index contributed by atoms with van der Waals surface area (Å²) >= 11 is 3.45. The van der Waals surface area contributed by atoms with Crippen molar-refractivity contribution in [3.63, 3.8) is 0 Å². The van der Waals surface area contributed by atoms with E-state index in [4.69, 9.17) is 0 Å². The van der Waals surface area contributed by atoms with E-state index < -0.39 is 9.84 Å². The zero-order chi connectivity index (χ0) is 16.6. The number of hydrogen-bond acceptors (Lipinski definition) is 3. The van der Waals surface area contributed by atoms with Gasteiger partial charge in [-0.2, -0.15) is 5.10 Å². The van der Waals surface area contributed by atoms with Gasteiger partial charge in [-0.1, -0.05) is 12.1 Å². The molecule has 0 bridgehead atoms. The summed E-state index contributed by atoms with van der Waals surface area (Å²) in [5.41, 5.74) is 2.27. The molecule has 118 valence electrons. The van der Waals surface area contributed by atoms with Crippen LogP contribution in [0.15, 0.2) is 64.1 Å². The fourth-order valence-corrected chi connectivity index (χ4v) is 3.35. The topological polar surface area (TPSA) is 52.0 Å². The minimum absolute atomic E-state index is 0.255. The lowest BCUT2D eigenvalue weighted by atomic mass is 10.1. The first-order valence-electron chi connectivity index (χ1n) is 6.66. The number of aromatic nitrogens is 2. The summed E-state index contributed by atoms with van der Waals surface area (Å²) in [5, 5.41) is 4.29. The number of halogens is 2. The van der Waals surface area contributed by atoms with Gasteiger partial charge in [0.05, 0.1) is 26.9 Å². The van der Waals surface area contributed by atoms with Crippen molar-refractivity contribution >= 4 is 25.8 Å². The van der Waals surface area contributed by atoms with Gasteiger partial charge in [-0.3, -0.25) is 0 Å². The van der Waals surface area contributed by atoms with E-state index in [0.717, 1.165) is 15.7 Å². The molecule has 0 N–H and O–H groups in total. The van der Waals surface area contributed by atoms with Gasteiger partial charge in [0.15, 0.2) is 9.84 Å². The molecule has 0 aliphatic heterocycles. The fourth-order valence-electron chi connectivity index (χ4n) is 2.23. The van der Waals surface area contributed by atoms with Crippen molar-refractivity contribution in [2.24, 2.45) is 0 Å². The maximum absolute atomic E-state index is 13.1. The standard InChI is InChI=1S/C16H12BrFN2O2S/c1-23(21,22)14-8-2-11(3-9-14)16-15(17)10-19-20(16)13-6-4-12(18)5-7-13/h2-10H,1H3. The van der Waals surface area contributed by atoms with Crippen LogP contribution in [0.3, 0.4) is 0 Å². The first-order valence-corrected chi connectivity index (χ1v) is 9.34. The Kier molecular flexibility index (Phi) is 4.08. The highest BCUT2D eigenvalue weighted by molar-refractivity contribution is 9.10. The van der Waals surface area contributed by atoms with E-state index in [-0.39, 0.29) is 10.7 Å². The van der Waals surface area contributed by atoms with Crippen molar-refractivity contribution in [2.45, 2.75) is 4.90 Å². The van der Waals surface area contributed by atoms with E-state index in [1.165, 1.54) is 18.4 Å². The van der Waals surface area contributed by atoms with Crippen molar-refractivity contribution in [1.29, 1.82) is 0 Å². The summed E-state index contributed by atoms with van der Waals surface area (Å²) in [4.78, 5) is 0.255. The lowest BCUT2D eigenvalue weighted by Gasteiger charge is -2.09. The van der Waals surface area contributed by atoms with Crippen LogP contribution in [-0.4, -0.2) is 24.5 Å². The van der Waals surface area contributed by atoms with Crippen LogP contribution in [0.1, 0.15) is 0 Å². The van der Waals surface area contributed by atoms with Crippen molar-refractivity contribution in [3.8, 4) is 16.9 Å². The predicted octanol–water partition coefficient (Wildman–Crippen LogP) is 3.84. The summed E-state index contributed by atoms with van der Waals surface area (Å²) in [6.45, 7) is 0. The molecule has 1 heterocycles. The molecule has 3 aromatic rings. The van der Waals surface area contributed by atoms with Crippen molar-refractivity contribution in [1.82, 2.24) is 9.78 Å². The molecule has 0 aliphatic carbocycles. The van der Waals surface area contributed by atoms with Crippen LogP contribution in [0.2, 0.25) is 0 Å². The number of sulfone groups is 1. The SMILES string of the molecule is CS(=O)(=O)c1ccc(-c2c(Br)cnn2-c2ccc(F)cc2)cc1. The molecule has 0 amide bonds. The maximum atomic E-state index is 13.1. The molecule has 0 saturated heterocycles. The second kappa shape index (κ2) is 5.90. The first kappa shape index (κ1) is 15.9. The molecule has 0 atom stereocenters. The largest absolute Gasteiger partial charge is 0.232 e. The Morgan fingerprint density at radius 3 is 2.22 bits per heavy atom. The first-order chi connectivity index (χ1) is 10.9. The van der Waals surface area contributed by atoms with Gasteiger partial charge in [-0.25, -0.2) is 17.5 Å². The zero-order valence-electron chi connectivity index (χ0n) is 12.1. The minimum atomic E-state index is -3.24. The summed E-state index contributed by atoms with van der Waals surface area (Å²) in [6, 6.07) is 12.5. The Balaban J connectivity index is 2.10. The lowest BCUT2D eigenvalue weighted by molar-refractivity contribution is 0.602. The molecule has 0 radical (unpaired) electrons. The Morgan fingerprint density at radius 1 is 1.04 bits per heavy atom. The molecule has 4 nitrogen and oxygen atoms in total. The Morgan fingerprint density at radius 2 is 1.65 bits per heavy atom. The van der Waals surface area contributed by atoms with E-state index >= 15 is 0 Å². The van der Waals surface area contributed by atoms with Crippen LogP contribution >= 0.6 is 15.9 Å². The van der Waals surface area contributed by atoms with Gasteiger partial charge in [0.2, 0.25) is 0 Å². The normalized spacial score (nSPS) is 11.6. The highest BCUT2D eigenvalue weighted by atomic mass is 79.9. The van der Waals surface area contributed by atoms with Crippen molar-refractivity contribution in [3.05, 3.63) is 65.0 Å². The predicted molar refractivity (Wildman–Crippen MR) is 89.8 cm³/mol. The molecule has 3 rings (SSSR count). The molecular weight excluding hydrogens is 383 g/mol. The van der Waals surface area contributed by atoms with Gasteiger partial charge in [0.1, 0.15) is 5.82 Å². The summed E-state index contributed by atoms with van der Waals surface area (Å²) in [5.74, 6) is -0.320. The van der Waals surface area contributed by atoms with Crippen LogP contribution in [0.4, 0.5) is 4.39 Å². The van der Waals surface area contributed by atoms with Crippen molar-refractivity contribution < 1.29 is 12.8 Å². The average Bonchev–Trinajstić information content (AvgIpc) is 2.89. The molecule has 2 aromatic carbocycles. The summed E-state index contributed by atoms with van der Waals surface area (Å²) in [7, 11) is -3.24. The van der Waals surface area contributed by atoms with E-state index in [9.17, 15) is 12.8 Å². The quantitative estimate of drug-likeness (QED) is 0.677. The zero-order valence-corrected chi connectivity index (χ0v) is 14.5. The van der Waals surface area contributed by atoms with Gasteiger partial charge in [0, 0.05) is 11.8 Å². The average molecular weight is 395 g/mol. The van der Waals surface area contributed by atoms with Gasteiger partial charge >= 0.3 is 0 Å². The number of nitrogens with zero attached hydrogens (tertiary/aromatic N) is 2. The van der Waals surface area contributed by atoms with E-state index in [1.807, 2.05) is 0 Å². The number of hydrogen-bond donors (Lipinski definition) is 0. The molecular formula is C16H12BrFN2O2S. The van der Waals surface area contributed by atoms with Gasteiger partial charge < -0.3 is 0 Å². The van der Waals surface area contributed by atoms with E-state index in [2.05, 4.69) is 21.0 Å². The Labute approximate surface area is 141 Å². The second-order valence-electron chi connectivity index (χ2n) is 5.03. The fraction of sp³-hybridized carbons (Fsp3) is 0.0625. The van der Waals surface area contributed by atoms with E-state index in [1.54, 1.807) is 47.3 Å². The number of benzene rings is 2. The molecule has 7 heteroatoms. The lowest BCUT2D eigenvalue weighted by Crippen LogP contribution is -2.00. The summed E-state index contributed by atoms with van der Waals surface area (Å²) < 4.78 is 38.6.